The number of hydrogen-bond acceptors (Lipinski definition) is 3. The zero-order chi connectivity index (χ0) is 12.1. The third kappa shape index (κ3) is 3.53. The summed E-state index contributed by atoms with van der Waals surface area (Å²) in [6.45, 7) is 5.48. The lowest BCUT2D eigenvalue weighted by atomic mass is 10.0. The highest BCUT2D eigenvalue weighted by atomic mass is 16.5. The van der Waals surface area contributed by atoms with Gasteiger partial charge in [-0.2, -0.15) is 0 Å². The normalized spacial score (nSPS) is 24.1. The third-order valence-electron chi connectivity index (χ3n) is 3.27. The first-order valence-corrected chi connectivity index (χ1v) is 6.11. The highest BCUT2D eigenvalue weighted by Crippen LogP contribution is 2.18. The molecule has 0 spiro atoms. The molecule has 0 aromatic heterocycles. The first-order chi connectivity index (χ1) is 8.22. The van der Waals surface area contributed by atoms with E-state index in [4.69, 9.17) is 9.47 Å². The van der Waals surface area contributed by atoms with Crippen LogP contribution in [-0.4, -0.2) is 25.9 Å². The van der Waals surface area contributed by atoms with Gasteiger partial charge in [0.1, 0.15) is 0 Å². The molecule has 1 N–H and O–H groups in total. The van der Waals surface area contributed by atoms with Crippen LogP contribution >= 0.6 is 0 Å². The van der Waals surface area contributed by atoms with E-state index in [-0.39, 0.29) is 5.54 Å². The van der Waals surface area contributed by atoms with Gasteiger partial charge in [-0.15, -0.1) is 0 Å². The molecule has 1 saturated heterocycles. The van der Waals surface area contributed by atoms with E-state index < -0.39 is 0 Å². The molecular formula is C14H21NO2. The molecule has 0 amide bonds. The first kappa shape index (κ1) is 12.6. The van der Waals surface area contributed by atoms with Crippen LogP contribution in [0.2, 0.25) is 0 Å². The predicted octanol–water partition coefficient (Wildman–Crippen LogP) is 2.10. The molecule has 1 atom stereocenters. The number of nitrogens with one attached hydrogen (secondary N) is 1. The number of benzene rings is 1. The Morgan fingerprint density at radius 1 is 1.29 bits per heavy atom. The minimum atomic E-state index is 0.144. The Balaban J connectivity index is 1.86. The lowest BCUT2D eigenvalue weighted by Gasteiger charge is -2.23. The summed E-state index contributed by atoms with van der Waals surface area (Å²) in [5.74, 6) is 0. The second-order valence-corrected chi connectivity index (χ2v) is 4.97. The monoisotopic (exact) mass is 235 g/mol. The van der Waals surface area contributed by atoms with Crippen molar-refractivity contribution in [3.8, 4) is 0 Å². The van der Waals surface area contributed by atoms with Crippen LogP contribution in [0.4, 0.5) is 0 Å². The van der Waals surface area contributed by atoms with E-state index in [2.05, 4.69) is 36.5 Å². The maximum Gasteiger partial charge on any atom is 0.0713 e. The molecule has 1 aromatic rings. The van der Waals surface area contributed by atoms with Crippen molar-refractivity contribution in [2.24, 2.45) is 0 Å². The second kappa shape index (κ2) is 5.63. The van der Waals surface area contributed by atoms with Crippen molar-refractivity contribution in [3.05, 3.63) is 35.4 Å². The molecule has 0 saturated carbocycles. The maximum absolute atomic E-state index is 5.42. The highest BCUT2D eigenvalue weighted by molar-refractivity contribution is 5.22. The lowest BCUT2D eigenvalue weighted by molar-refractivity contribution is 0.171. The maximum atomic E-state index is 5.42. The Bertz CT molecular complexity index is 342. The Hall–Kier alpha value is -0.900. The molecule has 1 aromatic carbocycles. The third-order valence-corrected chi connectivity index (χ3v) is 3.27. The molecule has 1 aliphatic heterocycles. The van der Waals surface area contributed by atoms with Crippen molar-refractivity contribution in [2.75, 3.05) is 20.3 Å². The molecule has 3 nitrogen and oxygen atoms in total. The van der Waals surface area contributed by atoms with Crippen LogP contribution in [0.3, 0.4) is 0 Å². The van der Waals surface area contributed by atoms with Crippen LogP contribution in [0.15, 0.2) is 24.3 Å². The van der Waals surface area contributed by atoms with Crippen LogP contribution in [0.5, 0.6) is 0 Å². The summed E-state index contributed by atoms with van der Waals surface area (Å²) < 4.78 is 10.5. The average Bonchev–Trinajstić information content (AvgIpc) is 2.76. The summed E-state index contributed by atoms with van der Waals surface area (Å²) in [6.07, 6.45) is 1.09. The molecule has 0 bridgehead atoms. The second-order valence-electron chi connectivity index (χ2n) is 4.97. The van der Waals surface area contributed by atoms with Crippen LogP contribution < -0.4 is 5.32 Å². The predicted molar refractivity (Wildman–Crippen MR) is 67.8 cm³/mol. The smallest absolute Gasteiger partial charge is 0.0713 e. The van der Waals surface area contributed by atoms with E-state index in [0.717, 1.165) is 26.2 Å². The van der Waals surface area contributed by atoms with Crippen LogP contribution in [0.1, 0.15) is 24.5 Å². The van der Waals surface area contributed by atoms with Crippen molar-refractivity contribution in [2.45, 2.75) is 32.0 Å². The van der Waals surface area contributed by atoms with Gasteiger partial charge in [-0.05, 0) is 24.5 Å². The molecule has 94 valence electrons. The Kier molecular flexibility index (Phi) is 4.15. The summed E-state index contributed by atoms with van der Waals surface area (Å²) >= 11 is 0. The molecule has 3 heteroatoms. The van der Waals surface area contributed by atoms with Crippen molar-refractivity contribution < 1.29 is 9.47 Å². The van der Waals surface area contributed by atoms with Crippen LogP contribution in [-0.2, 0) is 22.6 Å². The number of hydrogen-bond donors (Lipinski definition) is 1. The van der Waals surface area contributed by atoms with Crippen LogP contribution in [0, 0.1) is 0 Å². The Morgan fingerprint density at radius 3 is 2.59 bits per heavy atom. The van der Waals surface area contributed by atoms with Gasteiger partial charge in [-0.1, -0.05) is 24.3 Å². The van der Waals surface area contributed by atoms with Gasteiger partial charge in [0.2, 0.25) is 0 Å². The molecule has 17 heavy (non-hydrogen) atoms. The van der Waals surface area contributed by atoms with Gasteiger partial charge >= 0.3 is 0 Å². The summed E-state index contributed by atoms with van der Waals surface area (Å²) in [5.41, 5.74) is 2.66. The fraction of sp³-hybridized carbons (Fsp3) is 0.571. The zero-order valence-electron chi connectivity index (χ0n) is 10.7. The highest BCUT2D eigenvalue weighted by Gasteiger charge is 2.28. The standard InChI is InChI=1S/C14H21NO2/c1-14(7-8-17-11-14)15-9-12-3-5-13(6-4-12)10-16-2/h3-6,15H,7-11H2,1-2H3. The molecule has 1 aliphatic rings. The Labute approximate surface area is 103 Å². The van der Waals surface area contributed by atoms with Crippen molar-refractivity contribution in [1.29, 1.82) is 0 Å². The van der Waals surface area contributed by atoms with E-state index >= 15 is 0 Å². The van der Waals surface area contributed by atoms with E-state index in [9.17, 15) is 0 Å². The van der Waals surface area contributed by atoms with Gasteiger partial charge in [-0.25, -0.2) is 0 Å². The number of methoxy groups -OCH3 is 1. The summed E-state index contributed by atoms with van der Waals surface area (Å²) in [7, 11) is 1.72. The van der Waals surface area contributed by atoms with Crippen molar-refractivity contribution in [3.63, 3.8) is 0 Å². The molecule has 0 radical (unpaired) electrons. The molecule has 2 rings (SSSR count). The van der Waals surface area contributed by atoms with E-state index in [1.165, 1.54) is 11.1 Å². The molecule has 1 heterocycles. The van der Waals surface area contributed by atoms with Gasteiger partial charge in [-0.3, -0.25) is 0 Å². The van der Waals surface area contributed by atoms with Gasteiger partial charge in [0.25, 0.3) is 0 Å². The minimum absolute atomic E-state index is 0.144. The van der Waals surface area contributed by atoms with Gasteiger partial charge in [0.05, 0.1) is 13.2 Å². The molecule has 0 aliphatic carbocycles. The molecule has 1 fully saturated rings. The van der Waals surface area contributed by atoms with Gasteiger partial charge in [0, 0.05) is 25.8 Å². The minimum Gasteiger partial charge on any atom is -0.380 e. The number of ether oxygens (including phenoxy) is 2. The van der Waals surface area contributed by atoms with Crippen molar-refractivity contribution in [1.82, 2.24) is 5.32 Å². The summed E-state index contributed by atoms with van der Waals surface area (Å²) in [4.78, 5) is 0. The van der Waals surface area contributed by atoms with E-state index in [1.54, 1.807) is 7.11 Å². The van der Waals surface area contributed by atoms with E-state index in [1.807, 2.05) is 0 Å². The van der Waals surface area contributed by atoms with Crippen LogP contribution in [0.25, 0.3) is 0 Å². The topological polar surface area (TPSA) is 30.5 Å². The fourth-order valence-corrected chi connectivity index (χ4v) is 2.04. The summed E-state index contributed by atoms with van der Waals surface area (Å²) in [5, 5.41) is 3.57. The summed E-state index contributed by atoms with van der Waals surface area (Å²) in [6, 6.07) is 8.54. The molecular weight excluding hydrogens is 214 g/mol. The van der Waals surface area contributed by atoms with Gasteiger partial charge in [0.15, 0.2) is 0 Å². The zero-order valence-corrected chi connectivity index (χ0v) is 10.7. The lowest BCUT2D eigenvalue weighted by Crippen LogP contribution is -2.42. The van der Waals surface area contributed by atoms with Gasteiger partial charge < -0.3 is 14.8 Å². The Morgan fingerprint density at radius 2 is 2.00 bits per heavy atom. The average molecular weight is 235 g/mol. The largest absolute Gasteiger partial charge is 0.380 e. The molecule has 1 unspecified atom stereocenters. The van der Waals surface area contributed by atoms with Crippen molar-refractivity contribution >= 4 is 0 Å². The van der Waals surface area contributed by atoms with E-state index in [0.29, 0.717) is 6.61 Å². The first-order valence-electron chi connectivity index (χ1n) is 6.11. The quantitative estimate of drug-likeness (QED) is 0.848. The number of rotatable bonds is 5. The fourth-order valence-electron chi connectivity index (χ4n) is 2.04. The SMILES string of the molecule is COCc1ccc(CNC2(C)CCOC2)cc1.